The minimum atomic E-state index is 0.533. The summed E-state index contributed by atoms with van der Waals surface area (Å²) in [6, 6.07) is 0.608. The summed E-state index contributed by atoms with van der Waals surface area (Å²) in [6.45, 7) is 7.66. The van der Waals surface area contributed by atoms with Crippen LogP contribution in [0.3, 0.4) is 0 Å². The van der Waals surface area contributed by atoms with Crippen LogP contribution in [-0.4, -0.2) is 25.8 Å². The zero-order chi connectivity index (χ0) is 12.8. The molecule has 0 amide bonds. The van der Waals surface area contributed by atoms with Gasteiger partial charge in [-0.3, -0.25) is 0 Å². The van der Waals surface area contributed by atoms with Gasteiger partial charge in [-0.2, -0.15) is 0 Å². The minimum Gasteiger partial charge on any atom is -0.381 e. The molecule has 1 aliphatic carbocycles. The van der Waals surface area contributed by atoms with E-state index in [1.807, 2.05) is 0 Å². The van der Waals surface area contributed by atoms with Crippen molar-refractivity contribution < 1.29 is 4.74 Å². The number of hydrogen-bond acceptors (Lipinski definition) is 2. The molecular formula is C16H31NO. The quantitative estimate of drug-likeness (QED) is 0.778. The van der Waals surface area contributed by atoms with E-state index in [2.05, 4.69) is 19.2 Å². The lowest BCUT2D eigenvalue weighted by Gasteiger charge is -2.39. The van der Waals surface area contributed by atoms with E-state index >= 15 is 0 Å². The van der Waals surface area contributed by atoms with Crippen LogP contribution in [-0.2, 0) is 4.74 Å². The van der Waals surface area contributed by atoms with Gasteiger partial charge in [0.1, 0.15) is 0 Å². The van der Waals surface area contributed by atoms with Gasteiger partial charge in [0.05, 0.1) is 0 Å². The van der Waals surface area contributed by atoms with Crippen LogP contribution in [0.2, 0.25) is 0 Å². The van der Waals surface area contributed by atoms with Crippen LogP contribution in [0.4, 0.5) is 0 Å². The van der Waals surface area contributed by atoms with Gasteiger partial charge in [0.2, 0.25) is 0 Å². The number of rotatable bonds is 6. The number of hydrogen-bond donors (Lipinski definition) is 1. The van der Waals surface area contributed by atoms with Gasteiger partial charge in [0.25, 0.3) is 0 Å². The summed E-state index contributed by atoms with van der Waals surface area (Å²) in [5, 5.41) is 3.68. The van der Waals surface area contributed by atoms with Crippen LogP contribution < -0.4 is 5.32 Å². The normalized spacial score (nSPS) is 24.8. The zero-order valence-corrected chi connectivity index (χ0v) is 12.3. The van der Waals surface area contributed by atoms with Gasteiger partial charge in [-0.25, -0.2) is 0 Å². The summed E-state index contributed by atoms with van der Waals surface area (Å²) in [4.78, 5) is 0. The SMILES string of the molecule is CC(C)NCC1(CCC2CCCC2)CCOCC1. The molecule has 1 heterocycles. The molecule has 0 aromatic rings. The van der Waals surface area contributed by atoms with Crippen LogP contribution in [0.25, 0.3) is 0 Å². The maximum atomic E-state index is 5.58. The minimum absolute atomic E-state index is 0.533. The fraction of sp³-hybridized carbons (Fsp3) is 1.00. The molecule has 0 aromatic carbocycles. The van der Waals surface area contributed by atoms with Gasteiger partial charge in [-0.1, -0.05) is 39.5 Å². The Morgan fingerprint density at radius 1 is 1.17 bits per heavy atom. The monoisotopic (exact) mass is 253 g/mol. The Bertz CT molecular complexity index is 227. The van der Waals surface area contributed by atoms with E-state index in [0.717, 1.165) is 19.1 Å². The third-order valence-corrected chi connectivity index (χ3v) is 5.00. The second-order valence-corrected chi connectivity index (χ2v) is 6.84. The van der Waals surface area contributed by atoms with E-state index in [9.17, 15) is 0 Å². The topological polar surface area (TPSA) is 21.3 Å². The van der Waals surface area contributed by atoms with Crippen molar-refractivity contribution in [3.63, 3.8) is 0 Å². The summed E-state index contributed by atoms with van der Waals surface area (Å²) < 4.78 is 5.58. The van der Waals surface area contributed by atoms with Crippen LogP contribution >= 0.6 is 0 Å². The van der Waals surface area contributed by atoms with Crippen molar-refractivity contribution in [1.29, 1.82) is 0 Å². The van der Waals surface area contributed by atoms with Gasteiger partial charge < -0.3 is 10.1 Å². The van der Waals surface area contributed by atoms with E-state index in [-0.39, 0.29) is 0 Å². The largest absolute Gasteiger partial charge is 0.381 e. The van der Waals surface area contributed by atoms with Crippen LogP contribution in [0.5, 0.6) is 0 Å². The maximum absolute atomic E-state index is 5.58. The molecule has 1 N–H and O–H groups in total. The van der Waals surface area contributed by atoms with E-state index in [1.54, 1.807) is 0 Å². The highest BCUT2D eigenvalue weighted by Gasteiger charge is 2.33. The molecule has 2 fully saturated rings. The average molecular weight is 253 g/mol. The molecule has 0 atom stereocenters. The molecule has 18 heavy (non-hydrogen) atoms. The first-order valence-corrected chi connectivity index (χ1v) is 8.01. The van der Waals surface area contributed by atoms with Gasteiger partial charge in [0.15, 0.2) is 0 Å². The molecule has 0 aromatic heterocycles. The summed E-state index contributed by atoms with van der Waals surface area (Å²) in [7, 11) is 0. The van der Waals surface area contributed by atoms with E-state index < -0.39 is 0 Å². The highest BCUT2D eigenvalue weighted by atomic mass is 16.5. The van der Waals surface area contributed by atoms with Crippen LogP contribution in [0.15, 0.2) is 0 Å². The summed E-state index contributed by atoms with van der Waals surface area (Å²) in [5.41, 5.74) is 0.533. The fourth-order valence-corrected chi connectivity index (χ4v) is 3.55. The van der Waals surface area contributed by atoms with E-state index in [4.69, 9.17) is 4.74 Å². The Morgan fingerprint density at radius 2 is 1.83 bits per heavy atom. The Hall–Kier alpha value is -0.0800. The van der Waals surface area contributed by atoms with Crippen molar-refractivity contribution in [2.75, 3.05) is 19.8 Å². The Kier molecular flexibility index (Phi) is 5.50. The Balaban J connectivity index is 1.82. The van der Waals surface area contributed by atoms with Gasteiger partial charge in [0, 0.05) is 25.8 Å². The first-order chi connectivity index (χ1) is 8.70. The second-order valence-electron chi connectivity index (χ2n) is 6.84. The van der Waals surface area contributed by atoms with Crippen molar-refractivity contribution in [2.45, 2.75) is 71.3 Å². The molecule has 2 aliphatic rings. The molecule has 2 heteroatoms. The van der Waals surface area contributed by atoms with Gasteiger partial charge >= 0.3 is 0 Å². The molecule has 0 radical (unpaired) electrons. The average Bonchev–Trinajstić information content (AvgIpc) is 2.89. The van der Waals surface area contributed by atoms with Crippen molar-refractivity contribution in [3.8, 4) is 0 Å². The van der Waals surface area contributed by atoms with Crippen molar-refractivity contribution in [3.05, 3.63) is 0 Å². The summed E-state index contributed by atoms with van der Waals surface area (Å²) >= 11 is 0. The van der Waals surface area contributed by atoms with Crippen LogP contribution in [0, 0.1) is 11.3 Å². The van der Waals surface area contributed by atoms with Crippen LogP contribution in [0.1, 0.15) is 65.2 Å². The van der Waals surface area contributed by atoms with Gasteiger partial charge in [-0.15, -0.1) is 0 Å². The lowest BCUT2D eigenvalue weighted by Crippen LogP contribution is -2.41. The van der Waals surface area contributed by atoms with Gasteiger partial charge in [-0.05, 0) is 37.0 Å². The molecule has 0 unspecified atom stereocenters. The first kappa shape index (κ1) is 14.3. The molecule has 2 rings (SSSR count). The molecule has 1 saturated carbocycles. The molecule has 1 aliphatic heterocycles. The molecule has 0 bridgehead atoms. The van der Waals surface area contributed by atoms with Crippen molar-refractivity contribution >= 4 is 0 Å². The Morgan fingerprint density at radius 3 is 2.44 bits per heavy atom. The fourth-order valence-electron chi connectivity index (χ4n) is 3.55. The van der Waals surface area contributed by atoms with Crippen molar-refractivity contribution in [2.24, 2.45) is 11.3 Å². The Labute approximate surface area is 113 Å². The third kappa shape index (κ3) is 4.24. The summed E-state index contributed by atoms with van der Waals surface area (Å²) in [6.07, 6.45) is 11.3. The number of nitrogens with one attached hydrogen (secondary N) is 1. The third-order valence-electron chi connectivity index (χ3n) is 5.00. The summed E-state index contributed by atoms with van der Waals surface area (Å²) in [5.74, 6) is 1.03. The molecule has 0 spiro atoms. The van der Waals surface area contributed by atoms with Crippen molar-refractivity contribution in [1.82, 2.24) is 5.32 Å². The smallest absolute Gasteiger partial charge is 0.0471 e. The highest BCUT2D eigenvalue weighted by Crippen LogP contribution is 2.39. The second kappa shape index (κ2) is 6.91. The lowest BCUT2D eigenvalue weighted by molar-refractivity contribution is 0.00654. The molecular weight excluding hydrogens is 222 g/mol. The maximum Gasteiger partial charge on any atom is 0.0471 e. The van der Waals surface area contributed by atoms with E-state index in [1.165, 1.54) is 57.9 Å². The zero-order valence-electron chi connectivity index (χ0n) is 12.3. The lowest BCUT2D eigenvalue weighted by atomic mass is 9.74. The predicted molar refractivity (Wildman–Crippen MR) is 76.8 cm³/mol. The highest BCUT2D eigenvalue weighted by molar-refractivity contribution is 4.86. The molecule has 1 saturated heterocycles. The molecule has 106 valence electrons. The predicted octanol–water partition coefficient (Wildman–Crippen LogP) is 3.75. The standard InChI is InChI=1S/C16H31NO/c1-14(2)17-13-16(9-11-18-12-10-16)8-7-15-5-3-4-6-15/h14-15,17H,3-13H2,1-2H3. The van der Waals surface area contributed by atoms with E-state index in [0.29, 0.717) is 11.5 Å². The first-order valence-electron chi connectivity index (χ1n) is 8.01. The number of ether oxygens (including phenoxy) is 1. The molecule has 2 nitrogen and oxygen atoms in total.